The molecule has 5 nitrogen and oxygen atoms in total. The molecule has 0 radical (unpaired) electrons. The molecule has 92 valence electrons. The van der Waals surface area contributed by atoms with Crippen molar-refractivity contribution in [2.75, 3.05) is 13.2 Å². The maximum Gasteiger partial charge on any atom is 0.305 e. The summed E-state index contributed by atoms with van der Waals surface area (Å²) < 4.78 is 14.8. The van der Waals surface area contributed by atoms with E-state index in [2.05, 4.69) is 6.58 Å². The lowest BCUT2D eigenvalue weighted by Crippen LogP contribution is -2.24. The SMILES string of the molecule is C=CCCOCCC(OC(C)=O)OC(C)=O. The fourth-order valence-corrected chi connectivity index (χ4v) is 0.960. The van der Waals surface area contributed by atoms with Gasteiger partial charge in [-0.1, -0.05) is 6.08 Å². The Kier molecular flexibility index (Phi) is 8.15. The minimum absolute atomic E-state index is 0.330. The lowest BCUT2D eigenvalue weighted by atomic mass is 10.4. The van der Waals surface area contributed by atoms with Crippen molar-refractivity contribution in [1.82, 2.24) is 0 Å². The summed E-state index contributed by atoms with van der Waals surface area (Å²) in [5.74, 6) is -0.977. The predicted octanol–water partition coefficient (Wildman–Crippen LogP) is 1.42. The minimum Gasteiger partial charge on any atom is -0.425 e. The van der Waals surface area contributed by atoms with Crippen LogP contribution in [0.3, 0.4) is 0 Å². The summed E-state index contributed by atoms with van der Waals surface area (Å²) in [5.41, 5.74) is 0. The highest BCUT2D eigenvalue weighted by Gasteiger charge is 2.14. The number of hydrogen-bond donors (Lipinski definition) is 0. The quantitative estimate of drug-likeness (QED) is 0.273. The molecule has 0 saturated heterocycles. The van der Waals surface area contributed by atoms with Crippen LogP contribution in [0.15, 0.2) is 12.7 Å². The summed E-state index contributed by atoms with van der Waals surface area (Å²) in [5, 5.41) is 0. The molecule has 5 heteroatoms. The van der Waals surface area contributed by atoms with Crippen LogP contribution in [0.25, 0.3) is 0 Å². The van der Waals surface area contributed by atoms with Gasteiger partial charge in [-0.3, -0.25) is 9.59 Å². The van der Waals surface area contributed by atoms with Crippen molar-refractivity contribution >= 4 is 11.9 Å². The Hall–Kier alpha value is -1.36. The largest absolute Gasteiger partial charge is 0.425 e. The molecule has 0 unspecified atom stereocenters. The van der Waals surface area contributed by atoms with Crippen LogP contribution in [0.1, 0.15) is 26.7 Å². The number of ether oxygens (including phenoxy) is 3. The Morgan fingerprint density at radius 1 is 1.19 bits per heavy atom. The number of carbonyl (C=O) groups is 2. The van der Waals surface area contributed by atoms with Crippen LogP contribution in [0.5, 0.6) is 0 Å². The minimum atomic E-state index is -0.862. The number of hydrogen-bond acceptors (Lipinski definition) is 5. The monoisotopic (exact) mass is 230 g/mol. The van der Waals surface area contributed by atoms with Crippen LogP contribution in [0, 0.1) is 0 Å². The standard InChI is InChI=1S/C11H18O5/c1-4-5-7-14-8-6-11(15-9(2)12)16-10(3)13/h4,11H,1,5-8H2,2-3H3. The van der Waals surface area contributed by atoms with E-state index in [1.807, 2.05) is 0 Å². The van der Waals surface area contributed by atoms with Gasteiger partial charge in [-0.25, -0.2) is 0 Å². The molecule has 0 aliphatic heterocycles. The molecule has 0 aliphatic carbocycles. The van der Waals surface area contributed by atoms with E-state index in [0.717, 1.165) is 6.42 Å². The Balaban J connectivity index is 3.77. The second-order valence-corrected chi connectivity index (χ2v) is 3.13. The maximum atomic E-state index is 10.7. The van der Waals surface area contributed by atoms with Gasteiger partial charge in [0, 0.05) is 26.9 Å². The van der Waals surface area contributed by atoms with E-state index in [1.165, 1.54) is 13.8 Å². The average Bonchev–Trinajstić information content (AvgIpc) is 2.15. The second kappa shape index (κ2) is 8.91. The number of esters is 2. The molecule has 0 spiro atoms. The fraction of sp³-hybridized carbons (Fsp3) is 0.636. The summed E-state index contributed by atoms with van der Waals surface area (Å²) in [6.07, 6.45) is 1.97. The van der Waals surface area contributed by atoms with Crippen LogP contribution in [-0.2, 0) is 23.8 Å². The van der Waals surface area contributed by atoms with Crippen molar-refractivity contribution in [3.05, 3.63) is 12.7 Å². The number of carbonyl (C=O) groups excluding carboxylic acids is 2. The van der Waals surface area contributed by atoms with Gasteiger partial charge in [-0.05, 0) is 6.42 Å². The molecule has 0 heterocycles. The van der Waals surface area contributed by atoms with Gasteiger partial charge in [0.05, 0.1) is 6.61 Å². The molecule has 0 fully saturated rings. The lowest BCUT2D eigenvalue weighted by Gasteiger charge is -2.16. The molecule has 0 aromatic rings. The van der Waals surface area contributed by atoms with Gasteiger partial charge >= 0.3 is 11.9 Å². The first kappa shape index (κ1) is 14.6. The Morgan fingerprint density at radius 3 is 2.19 bits per heavy atom. The van der Waals surface area contributed by atoms with E-state index in [0.29, 0.717) is 19.6 Å². The van der Waals surface area contributed by atoms with E-state index >= 15 is 0 Å². The van der Waals surface area contributed by atoms with E-state index in [1.54, 1.807) is 6.08 Å². The summed E-state index contributed by atoms with van der Waals surface area (Å²) >= 11 is 0. The molecule has 0 aromatic carbocycles. The van der Waals surface area contributed by atoms with Crippen LogP contribution < -0.4 is 0 Å². The molecule has 0 N–H and O–H groups in total. The van der Waals surface area contributed by atoms with Crippen molar-refractivity contribution in [3.63, 3.8) is 0 Å². The zero-order valence-corrected chi connectivity index (χ0v) is 9.73. The van der Waals surface area contributed by atoms with Gasteiger partial charge in [0.15, 0.2) is 0 Å². The molecule has 0 saturated carbocycles. The smallest absolute Gasteiger partial charge is 0.305 e. The maximum absolute atomic E-state index is 10.7. The Bertz CT molecular complexity index is 221. The summed E-state index contributed by atoms with van der Waals surface area (Å²) in [6.45, 7) is 6.98. The van der Waals surface area contributed by atoms with E-state index in [-0.39, 0.29) is 0 Å². The predicted molar refractivity (Wildman–Crippen MR) is 57.6 cm³/mol. The van der Waals surface area contributed by atoms with Gasteiger partial charge < -0.3 is 14.2 Å². The molecular formula is C11H18O5. The molecule has 0 aliphatic rings. The first-order valence-corrected chi connectivity index (χ1v) is 5.09. The van der Waals surface area contributed by atoms with Crippen molar-refractivity contribution in [3.8, 4) is 0 Å². The third-order valence-electron chi connectivity index (χ3n) is 1.56. The third-order valence-corrected chi connectivity index (χ3v) is 1.56. The van der Waals surface area contributed by atoms with Crippen LogP contribution in [-0.4, -0.2) is 31.4 Å². The van der Waals surface area contributed by atoms with E-state index < -0.39 is 18.2 Å². The lowest BCUT2D eigenvalue weighted by molar-refractivity contribution is -0.187. The van der Waals surface area contributed by atoms with Crippen molar-refractivity contribution in [2.24, 2.45) is 0 Å². The molecule has 0 atom stereocenters. The first-order chi connectivity index (χ1) is 7.56. The normalized spacial score (nSPS) is 9.94. The average molecular weight is 230 g/mol. The highest BCUT2D eigenvalue weighted by molar-refractivity contribution is 5.68. The van der Waals surface area contributed by atoms with Gasteiger partial charge in [-0.2, -0.15) is 0 Å². The van der Waals surface area contributed by atoms with Gasteiger partial charge in [0.25, 0.3) is 0 Å². The van der Waals surface area contributed by atoms with Crippen LogP contribution >= 0.6 is 0 Å². The molecule has 16 heavy (non-hydrogen) atoms. The topological polar surface area (TPSA) is 61.8 Å². The van der Waals surface area contributed by atoms with E-state index in [9.17, 15) is 9.59 Å². The fourth-order valence-electron chi connectivity index (χ4n) is 0.960. The molecule has 0 amide bonds. The van der Waals surface area contributed by atoms with Crippen molar-refractivity contribution in [2.45, 2.75) is 33.0 Å². The zero-order valence-electron chi connectivity index (χ0n) is 9.73. The summed E-state index contributed by atoms with van der Waals surface area (Å²) in [6, 6.07) is 0. The van der Waals surface area contributed by atoms with Gasteiger partial charge in [0.2, 0.25) is 6.29 Å². The molecule has 0 bridgehead atoms. The molecular weight excluding hydrogens is 212 g/mol. The van der Waals surface area contributed by atoms with Gasteiger partial charge in [0.1, 0.15) is 0 Å². The highest BCUT2D eigenvalue weighted by atomic mass is 16.7. The van der Waals surface area contributed by atoms with Crippen molar-refractivity contribution < 1.29 is 23.8 Å². The third kappa shape index (κ3) is 9.21. The van der Waals surface area contributed by atoms with Crippen LogP contribution in [0.4, 0.5) is 0 Å². The van der Waals surface area contributed by atoms with E-state index in [4.69, 9.17) is 14.2 Å². The Labute approximate surface area is 95.4 Å². The first-order valence-electron chi connectivity index (χ1n) is 5.09. The van der Waals surface area contributed by atoms with Gasteiger partial charge in [-0.15, -0.1) is 6.58 Å². The Morgan fingerprint density at radius 2 is 1.75 bits per heavy atom. The number of rotatable bonds is 8. The molecule has 0 aromatic heterocycles. The molecule has 0 rings (SSSR count). The zero-order chi connectivity index (χ0) is 12.4. The summed E-state index contributed by atoms with van der Waals surface area (Å²) in [4.78, 5) is 21.4. The van der Waals surface area contributed by atoms with Crippen LogP contribution in [0.2, 0.25) is 0 Å². The second-order valence-electron chi connectivity index (χ2n) is 3.13. The highest BCUT2D eigenvalue weighted by Crippen LogP contribution is 2.03. The van der Waals surface area contributed by atoms with Crippen molar-refractivity contribution in [1.29, 1.82) is 0 Å². The summed E-state index contributed by atoms with van der Waals surface area (Å²) in [7, 11) is 0.